The van der Waals surface area contributed by atoms with Crippen molar-refractivity contribution in [2.24, 2.45) is 0 Å². The molecule has 0 unspecified atom stereocenters. The van der Waals surface area contributed by atoms with E-state index in [9.17, 15) is 9.59 Å². The smallest absolute Gasteiger partial charge is 0.264 e. The van der Waals surface area contributed by atoms with Crippen LogP contribution in [0.1, 0.15) is 16.7 Å². The van der Waals surface area contributed by atoms with Gasteiger partial charge >= 0.3 is 0 Å². The maximum Gasteiger partial charge on any atom is 0.264 e. The third-order valence-corrected chi connectivity index (χ3v) is 4.88. The number of nitrogens with one attached hydrogen (secondary N) is 1. The standard InChI is InChI=1S/C22H21N5O2/c1-14-8-9-15(2)18(10-14)25-20(28)12-26-13-23-21-17(22(26)29)11-24-27(21)19-7-5-4-6-16(19)3/h4-11,13H,12H2,1-3H3,(H,25,28). The molecule has 4 rings (SSSR count). The number of amides is 1. The summed E-state index contributed by atoms with van der Waals surface area (Å²) < 4.78 is 2.94. The number of carbonyl (C=O) groups excluding carboxylic acids is 1. The summed E-state index contributed by atoms with van der Waals surface area (Å²) in [6.45, 7) is 5.74. The lowest BCUT2D eigenvalue weighted by molar-refractivity contribution is -0.116. The first-order chi connectivity index (χ1) is 13.9. The normalized spacial score (nSPS) is 11.0. The van der Waals surface area contributed by atoms with Gasteiger partial charge in [-0.25, -0.2) is 9.67 Å². The Morgan fingerprint density at radius 2 is 1.86 bits per heavy atom. The molecule has 2 heterocycles. The molecule has 0 aliphatic heterocycles. The molecule has 7 nitrogen and oxygen atoms in total. The summed E-state index contributed by atoms with van der Waals surface area (Å²) in [5.41, 5.74) is 4.81. The Balaban J connectivity index is 1.63. The van der Waals surface area contributed by atoms with Crippen molar-refractivity contribution in [3.05, 3.63) is 82.0 Å². The van der Waals surface area contributed by atoms with Crippen LogP contribution in [0.2, 0.25) is 0 Å². The Bertz CT molecular complexity index is 1290. The number of rotatable bonds is 4. The fraction of sp³-hybridized carbons (Fsp3) is 0.182. The van der Waals surface area contributed by atoms with Crippen molar-refractivity contribution in [1.29, 1.82) is 0 Å². The molecule has 29 heavy (non-hydrogen) atoms. The van der Waals surface area contributed by atoms with Crippen LogP contribution in [0.5, 0.6) is 0 Å². The van der Waals surface area contributed by atoms with Crippen LogP contribution >= 0.6 is 0 Å². The number of para-hydroxylation sites is 1. The molecular weight excluding hydrogens is 366 g/mol. The van der Waals surface area contributed by atoms with Crippen LogP contribution in [0.15, 0.2) is 59.8 Å². The van der Waals surface area contributed by atoms with Gasteiger partial charge in [0.2, 0.25) is 5.91 Å². The van der Waals surface area contributed by atoms with Gasteiger partial charge in [0.25, 0.3) is 5.56 Å². The highest BCUT2D eigenvalue weighted by molar-refractivity contribution is 5.91. The van der Waals surface area contributed by atoms with Crippen LogP contribution in [0, 0.1) is 20.8 Å². The van der Waals surface area contributed by atoms with Gasteiger partial charge in [0.05, 0.1) is 11.9 Å². The van der Waals surface area contributed by atoms with E-state index >= 15 is 0 Å². The summed E-state index contributed by atoms with van der Waals surface area (Å²) in [7, 11) is 0. The lowest BCUT2D eigenvalue weighted by Crippen LogP contribution is -2.28. The maximum absolute atomic E-state index is 12.9. The molecular formula is C22H21N5O2. The van der Waals surface area contributed by atoms with E-state index in [1.165, 1.54) is 17.1 Å². The van der Waals surface area contributed by atoms with Crippen LogP contribution in [0.3, 0.4) is 0 Å². The Hall–Kier alpha value is -3.74. The minimum Gasteiger partial charge on any atom is -0.324 e. The third-order valence-electron chi connectivity index (χ3n) is 4.88. The van der Waals surface area contributed by atoms with E-state index in [-0.39, 0.29) is 18.0 Å². The predicted octanol–water partition coefficient (Wildman–Crippen LogP) is 3.15. The number of hydrogen-bond donors (Lipinski definition) is 1. The second-order valence-corrected chi connectivity index (χ2v) is 7.12. The van der Waals surface area contributed by atoms with E-state index in [2.05, 4.69) is 15.4 Å². The fourth-order valence-corrected chi connectivity index (χ4v) is 3.25. The zero-order chi connectivity index (χ0) is 20.5. The number of aromatic nitrogens is 4. The first-order valence-electron chi connectivity index (χ1n) is 9.30. The number of nitrogens with zero attached hydrogens (tertiary/aromatic N) is 4. The van der Waals surface area contributed by atoms with E-state index < -0.39 is 0 Å². The lowest BCUT2D eigenvalue weighted by atomic mass is 10.1. The topological polar surface area (TPSA) is 81.8 Å². The highest BCUT2D eigenvalue weighted by Crippen LogP contribution is 2.18. The highest BCUT2D eigenvalue weighted by atomic mass is 16.2. The molecule has 0 bridgehead atoms. The van der Waals surface area contributed by atoms with Gasteiger partial charge in [-0.2, -0.15) is 5.10 Å². The van der Waals surface area contributed by atoms with E-state index in [0.717, 1.165) is 28.1 Å². The van der Waals surface area contributed by atoms with Gasteiger partial charge < -0.3 is 5.32 Å². The molecule has 146 valence electrons. The van der Waals surface area contributed by atoms with Crippen molar-refractivity contribution >= 4 is 22.6 Å². The molecule has 1 N–H and O–H groups in total. The van der Waals surface area contributed by atoms with E-state index in [1.54, 1.807) is 4.68 Å². The number of aryl methyl sites for hydroxylation is 3. The van der Waals surface area contributed by atoms with Gasteiger partial charge in [-0.15, -0.1) is 0 Å². The average molecular weight is 387 g/mol. The first kappa shape index (κ1) is 18.6. The Labute approximate surface area is 167 Å². The van der Waals surface area contributed by atoms with Crippen molar-refractivity contribution < 1.29 is 4.79 Å². The third kappa shape index (κ3) is 3.54. The number of anilines is 1. The number of benzene rings is 2. The van der Waals surface area contributed by atoms with Crippen molar-refractivity contribution in [3.63, 3.8) is 0 Å². The molecule has 0 aliphatic rings. The summed E-state index contributed by atoms with van der Waals surface area (Å²) in [6, 6.07) is 13.6. The second kappa shape index (κ2) is 7.35. The van der Waals surface area contributed by atoms with Crippen molar-refractivity contribution in [2.75, 3.05) is 5.32 Å². The summed E-state index contributed by atoms with van der Waals surface area (Å²) >= 11 is 0. The largest absolute Gasteiger partial charge is 0.324 e. The van der Waals surface area contributed by atoms with Crippen LogP contribution < -0.4 is 10.9 Å². The zero-order valence-corrected chi connectivity index (χ0v) is 16.5. The quantitative estimate of drug-likeness (QED) is 0.583. The molecule has 0 aliphatic carbocycles. The average Bonchev–Trinajstić information content (AvgIpc) is 3.12. The first-order valence-corrected chi connectivity index (χ1v) is 9.30. The predicted molar refractivity (Wildman–Crippen MR) is 112 cm³/mol. The summed E-state index contributed by atoms with van der Waals surface area (Å²) in [4.78, 5) is 29.7. The van der Waals surface area contributed by atoms with Gasteiger partial charge in [0.15, 0.2) is 5.65 Å². The lowest BCUT2D eigenvalue weighted by Gasteiger charge is -2.11. The molecule has 0 fully saturated rings. The number of fused-ring (bicyclic) bond motifs is 1. The monoisotopic (exact) mass is 387 g/mol. The van der Waals surface area contributed by atoms with Crippen LogP contribution in [-0.2, 0) is 11.3 Å². The molecule has 1 amide bonds. The zero-order valence-electron chi connectivity index (χ0n) is 16.5. The number of carbonyl (C=O) groups is 1. The molecule has 0 saturated heterocycles. The highest BCUT2D eigenvalue weighted by Gasteiger charge is 2.14. The van der Waals surface area contributed by atoms with Gasteiger partial charge in [0.1, 0.15) is 18.3 Å². The van der Waals surface area contributed by atoms with Crippen LogP contribution in [-0.4, -0.2) is 25.2 Å². The molecule has 4 aromatic rings. The minimum atomic E-state index is -0.300. The van der Waals surface area contributed by atoms with Gasteiger partial charge in [-0.3, -0.25) is 14.2 Å². The summed E-state index contributed by atoms with van der Waals surface area (Å²) in [5.74, 6) is -0.284. The van der Waals surface area contributed by atoms with Crippen molar-refractivity contribution in [3.8, 4) is 5.69 Å². The molecule has 0 spiro atoms. The van der Waals surface area contributed by atoms with Crippen molar-refractivity contribution in [2.45, 2.75) is 27.3 Å². The molecule has 0 radical (unpaired) electrons. The van der Waals surface area contributed by atoms with Gasteiger partial charge in [0, 0.05) is 5.69 Å². The SMILES string of the molecule is Cc1ccc(C)c(NC(=O)Cn2cnc3c(cnn3-c3ccccc3C)c2=O)c1. The van der Waals surface area contributed by atoms with Crippen LogP contribution in [0.25, 0.3) is 16.7 Å². The van der Waals surface area contributed by atoms with Gasteiger partial charge in [-0.1, -0.05) is 30.3 Å². The van der Waals surface area contributed by atoms with E-state index in [0.29, 0.717) is 11.0 Å². The van der Waals surface area contributed by atoms with Gasteiger partial charge in [-0.05, 0) is 49.6 Å². The fourth-order valence-electron chi connectivity index (χ4n) is 3.25. The molecule has 2 aromatic heterocycles. The maximum atomic E-state index is 12.9. The molecule has 2 aromatic carbocycles. The summed E-state index contributed by atoms with van der Waals surface area (Å²) in [5, 5.41) is 7.57. The molecule has 7 heteroatoms. The number of hydrogen-bond acceptors (Lipinski definition) is 4. The summed E-state index contributed by atoms with van der Waals surface area (Å²) in [6.07, 6.45) is 2.89. The van der Waals surface area contributed by atoms with Crippen molar-refractivity contribution in [1.82, 2.24) is 19.3 Å². The minimum absolute atomic E-state index is 0.120. The molecule has 0 atom stereocenters. The Morgan fingerprint density at radius 1 is 1.07 bits per heavy atom. The van der Waals surface area contributed by atoms with E-state index in [4.69, 9.17) is 0 Å². The Kier molecular flexibility index (Phi) is 4.72. The van der Waals surface area contributed by atoms with E-state index in [1.807, 2.05) is 63.2 Å². The Morgan fingerprint density at radius 3 is 2.66 bits per heavy atom. The molecule has 0 saturated carbocycles. The second-order valence-electron chi connectivity index (χ2n) is 7.12. The van der Waals surface area contributed by atoms with Crippen LogP contribution in [0.4, 0.5) is 5.69 Å².